The van der Waals surface area contributed by atoms with Gasteiger partial charge in [-0.15, -0.1) is 10.2 Å². The Labute approximate surface area is 143 Å². The highest BCUT2D eigenvalue weighted by atomic mass is 19.1. The van der Waals surface area contributed by atoms with Gasteiger partial charge in [0.05, 0.1) is 24.7 Å². The van der Waals surface area contributed by atoms with Crippen LogP contribution in [0.15, 0.2) is 17.5 Å². The van der Waals surface area contributed by atoms with Crippen LogP contribution in [0, 0.1) is 12.0 Å². The Kier molecular flexibility index (Phi) is 3.27. The van der Waals surface area contributed by atoms with E-state index in [1.54, 1.807) is 28.8 Å². The van der Waals surface area contributed by atoms with Crippen molar-refractivity contribution < 1.29 is 9.13 Å². The third-order valence-corrected chi connectivity index (χ3v) is 5.39. The number of nitrogens with one attached hydrogen (secondary N) is 1. The number of methoxy groups -OCH3 is 1. The number of anilines is 1. The first-order valence-electron chi connectivity index (χ1n) is 8.53. The molecule has 0 bridgehead atoms. The van der Waals surface area contributed by atoms with Crippen LogP contribution in [0.5, 0.6) is 0 Å². The molecule has 10 heteroatoms. The third-order valence-electron chi connectivity index (χ3n) is 5.39. The second-order valence-electron chi connectivity index (χ2n) is 6.70. The fourth-order valence-electron chi connectivity index (χ4n) is 4.36. The highest BCUT2D eigenvalue weighted by Crippen LogP contribution is 2.45. The summed E-state index contributed by atoms with van der Waals surface area (Å²) in [6.45, 7) is 0.365. The summed E-state index contributed by atoms with van der Waals surface area (Å²) in [6.07, 6.45) is 7.00. The van der Waals surface area contributed by atoms with Crippen molar-refractivity contribution in [2.75, 3.05) is 12.0 Å². The lowest BCUT2D eigenvalue weighted by molar-refractivity contribution is 0.161. The molecule has 3 atom stereocenters. The molecule has 0 spiro atoms. The zero-order valence-corrected chi connectivity index (χ0v) is 13.8. The van der Waals surface area contributed by atoms with E-state index in [1.165, 1.54) is 0 Å². The van der Waals surface area contributed by atoms with Gasteiger partial charge >= 0.3 is 0 Å². The fourth-order valence-corrected chi connectivity index (χ4v) is 4.36. The standard InChI is InChI=1S/C15H19FN8O/c1-25-8-9-6-18-21-24(9)15-20-19-13-10-4-2-3-5-11(10)22-12(23(13)15)7-17-14(22)16/h6-7,10-11,13,19H,2-5,8H2,1H3. The van der Waals surface area contributed by atoms with E-state index in [9.17, 15) is 4.39 Å². The third kappa shape index (κ3) is 2.03. The van der Waals surface area contributed by atoms with Gasteiger partial charge in [-0.3, -0.25) is 14.9 Å². The minimum absolute atomic E-state index is 0.0245. The summed E-state index contributed by atoms with van der Waals surface area (Å²) in [7, 11) is 1.62. The maximum atomic E-state index is 14.4. The quantitative estimate of drug-likeness (QED) is 0.875. The highest BCUT2D eigenvalue weighted by molar-refractivity contribution is 5.98. The van der Waals surface area contributed by atoms with Crippen molar-refractivity contribution in [3.63, 3.8) is 0 Å². The second-order valence-corrected chi connectivity index (χ2v) is 6.70. The Hall–Kier alpha value is -2.49. The number of rotatable bonds is 2. The molecule has 2 aliphatic heterocycles. The summed E-state index contributed by atoms with van der Waals surface area (Å²) < 4.78 is 23.0. The first-order valence-corrected chi connectivity index (χ1v) is 8.53. The Morgan fingerprint density at radius 1 is 1.32 bits per heavy atom. The molecule has 1 aliphatic carbocycles. The number of ether oxygens (including phenoxy) is 1. The van der Waals surface area contributed by atoms with Crippen molar-refractivity contribution in [3.05, 3.63) is 24.2 Å². The van der Waals surface area contributed by atoms with Crippen LogP contribution in [0.1, 0.15) is 37.4 Å². The summed E-state index contributed by atoms with van der Waals surface area (Å²) in [6, 6.07) is 0.115. The number of hydrazone groups is 1. The van der Waals surface area contributed by atoms with Gasteiger partial charge in [-0.1, -0.05) is 18.1 Å². The van der Waals surface area contributed by atoms with Crippen molar-refractivity contribution >= 4 is 11.8 Å². The van der Waals surface area contributed by atoms with Crippen LogP contribution in [0.3, 0.4) is 0 Å². The minimum Gasteiger partial charge on any atom is -0.378 e. The molecule has 132 valence electrons. The number of nitrogens with zero attached hydrogens (tertiary/aromatic N) is 7. The maximum absolute atomic E-state index is 14.4. The number of imidazole rings is 1. The van der Waals surface area contributed by atoms with Crippen LogP contribution in [0.2, 0.25) is 0 Å². The molecule has 0 amide bonds. The van der Waals surface area contributed by atoms with E-state index >= 15 is 0 Å². The molecule has 25 heavy (non-hydrogen) atoms. The van der Waals surface area contributed by atoms with Crippen molar-refractivity contribution in [1.29, 1.82) is 0 Å². The van der Waals surface area contributed by atoms with Gasteiger partial charge in [0, 0.05) is 19.1 Å². The van der Waals surface area contributed by atoms with Gasteiger partial charge in [0.2, 0.25) is 0 Å². The van der Waals surface area contributed by atoms with Gasteiger partial charge in [-0.05, 0) is 12.8 Å². The molecule has 5 rings (SSSR count). The monoisotopic (exact) mass is 346 g/mol. The van der Waals surface area contributed by atoms with E-state index in [1.807, 2.05) is 4.90 Å². The number of hydrogen-bond donors (Lipinski definition) is 1. The molecule has 3 unspecified atom stereocenters. The van der Waals surface area contributed by atoms with Crippen molar-refractivity contribution in [2.45, 2.75) is 44.5 Å². The predicted molar refractivity (Wildman–Crippen MR) is 86.2 cm³/mol. The maximum Gasteiger partial charge on any atom is 0.291 e. The van der Waals surface area contributed by atoms with Gasteiger partial charge in [0.1, 0.15) is 12.0 Å². The minimum atomic E-state index is -0.438. The highest BCUT2D eigenvalue weighted by Gasteiger charge is 2.48. The van der Waals surface area contributed by atoms with Crippen molar-refractivity contribution in [3.8, 4) is 0 Å². The summed E-state index contributed by atoms with van der Waals surface area (Å²) >= 11 is 0. The lowest BCUT2D eigenvalue weighted by atomic mass is 9.80. The van der Waals surface area contributed by atoms with Crippen LogP contribution in [0.4, 0.5) is 10.2 Å². The number of halogens is 1. The lowest BCUT2D eigenvalue weighted by Crippen LogP contribution is -2.55. The number of aromatic nitrogens is 5. The molecule has 1 N–H and O–H groups in total. The molecule has 1 fully saturated rings. The average Bonchev–Trinajstić information content (AvgIpc) is 3.33. The molecule has 2 aromatic rings. The van der Waals surface area contributed by atoms with Crippen molar-refractivity contribution in [2.24, 2.45) is 11.0 Å². The molecule has 2 aromatic heterocycles. The first-order chi connectivity index (χ1) is 12.3. The molecule has 1 saturated carbocycles. The van der Waals surface area contributed by atoms with Crippen LogP contribution < -0.4 is 10.3 Å². The smallest absolute Gasteiger partial charge is 0.291 e. The van der Waals surface area contributed by atoms with Crippen LogP contribution in [-0.4, -0.2) is 43.8 Å². The Balaban J connectivity index is 1.61. The van der Waals surface area contributed by atoms with Crippen molar-refractivity contribution in [1.82, 2.24) is 30.0 Å². The summed E-state index contributed by atoms with van der Waals surface area (Å²) in [4.78, 5) is 5.91. The predicted octanol–water partition coefficient (Wildman–Crippen LogP) is 1.06. The second kappa shape index (κ2) is 5.51. The lowest BCUT2D eigenvalue weighted by Gasteiger charge is -2.45. The molecule has 4 heterocycles. The summed E-state index contributed by atoms with van der Waals surface area (Å²) in [5.74, 6) is 1.54. The molecule has 0 aromatic carbocycles. The van der Waals surface area contributed by atoms with E-state index in [-0.39, 0.29) is 18.1 Å². The Morgan fingerprint density at radius 2 is 2.20 bits per heavy atom. The summed E-state index contributed by atoms with van der Waals surface area (Å²) in [5.41, 5.74) is 4.02. The van der Waals surface area contributed by atoms with Crippen LogP contribution in [0.25, 0.3) is 0 Å². The zero-order valence-electron chi connectivity index (χ0n) is 13.8. The van der Waals surface area contributed by atoms with E-state index < -0.39 is 6.08 Å². The van der Waals surface area contributed by atoms with Gasteiger partial charge in [0.15, 0.2) is 0 Å². The fraction of sp³-hybridized carbons (Fsp3) is 0.600. The van der Waals surface area contributed by atoms with Gasteiger partial charge < -0.3 is 4.74 Å². The topological polar surface area (TPSA) is 85.4 Å². The Bertz CT molecular complexity index is 829. The molecule has 0 radical (unpaired) electrons. The van der Waals surface area contributed by atoms with Gasteiger partial charge in [-0.2, -0.15) is 9.07 Å². The molecular formula is C15H19FN8O. The SMILES string of the molecule is COCc1cnnn1C1=NNC2C3CCCCC3n3c(cnc3F)N12. The van der Waals surface area contributed by atoms with E-state index in [0.717, 1.165) is 31.4 Å². The van der Waals surface area contributed by atoms with Crippen LogP contribution in [-0.2, 0) is 11.3 Å². The normalized spacial score (nSPS) is 27.4. The largest absolute Gasteiger partial charge is 0.378 e. The molecule has 0 saturated heterocycles. The first kappa shape index (κ1) is 14.8. The van der Waals surface area contributed by atoms with E-state index in [2.05, 4.69) is 25.8 Å². The number of hydrogen-bond acceptors (Lipinski definition) is 7. The molecular weight excluding hydrogens is 327 g/mol. The molecule has 3 aliphatic rings. The van der Waals surface area contributed by atoms with Gasteiger partial charge in [-0.25, -0.2) is 4.98 Å². The summed E-state index contributed by atoms with van der Waals surface area (Å²) in [5, 5.41) is 12.6. The molecule has 9 nitrogen and oxygen atoms in total. The van der Waals surface area contributed by atoms with E-state index in [4.69, 9.17) is 4.74 Å². The van der Waals surface area contributed by atoms with Crippen LogP contribution >= 0.6 is 0 Å². The Morgan fingerprint density at radius 3 is 3.08 bits per heavy atom. The average molecular weight is 346 g/mol. The van der Waals surface area contributed by atoms with E-state index in [0.29, 0.717) is 18.4 Å². The zero-order chi connectivity index (χ0) is 17.0. The van der Waals surface area contributed by atoms with Gasteiger partial charge in [0.25, 0.3) is 12.0 Å². The number of fused-ring (bicyclic) bond motifs is 6.